The van der Waals surface area contributed by atoms with E-state index in [0.717, 1.165) is 17.7 Å². The fourth-order valence-corrected chi connectivity index (χ4v) is 4.77. The highest BCUT2D eigenvalue weighted by Crippen LogP contribution is 2.26. The third-order valence-electron chi connectivity index (χ3n) is 3.27. The Balaban J connectivity index is 2.07. The van der Waals surface area contributed by atoms with E-state index < -0.39 is 10.0 Å². The van der Waals surface area contributed by atoms with Crippen molar-refractivity contribution < 1.29 is 13.2 Å². The van der Waals surface area contributed by atoms with Gasteiger partial charge in [0.1, 0.15) is 0 Å². The summed E-state index contributed by atoms with van der Waals surface area (Å²) in [5, 5.41) is 4.78. The van der Waals surface area contributed by atoms with Gasteiger partial charge in [0.15, 0.2) is 0 Å². The first-order valence-electron chi connectivity index (χ1n) is 6.31. The lowest BCUT2D eigenvalue weighted by atomic mass is 10.0. The predicted octanol–water partition coefficient (Wildman–Crippen LogP) is 1.31. The van der Waals surface area contributed by atoms with Crippen molar-refractivity contribution in [1.82, 2.24) is 10.0 Å². The van der Waals surface area contributed by atoms with E-state index >= 15 is 0 Å². The standard InChI is InChI=1S/C12H20N2O3S2/c1-12(5-3-6-17-12)9-14-19(15,16)11-4-7-18-10(11)8-13-2/h4,7,13-14H,3,5-6,8-9H2,1-2H3. The molecule has 1 fully saturated rings. The fourth-order valence-electron chi connectivity index (χ4n) is 2.16. The van der Waals surface area contributed by atoms with Crippen molar-refractivity contribution in [2.24, 2.45) is 0 Å². The number of thiophene rings is 1. The van der Waals surface area contributed by atoms with Gasteiger partial charge in [0.05, 0.1) is 10.5 Å². The summed E-state index contributed by atoms with van der Waals surface area (Å²) in [6.07, 6.45) is 1.88. The van der Waals surface area contributed by atoms with Crippen LogP contribution in [-0.2, 0) is 21.3 Å². The molecule has 1 aromatic heterocycles. The van der Waals surface area contributed by atoms with Crippen LogP contribution in [0.25, 0.3) is 0 Å². The van der Waals surface area contributed by atoms with Crippen LogP contribution in [0.4, 0.5) is 0 Å². The van der Waals surface area contributed by atoms with Crippen LogP contribution in [0.2, 0.25) is 0 Å². The molecule has 0 saturated carbocycles. The number of hydrogen-bond acceptors (Lipinski definition) is 5. The van der Waals surface area contributed by atoms with Crippen LogP contribution in [0.3, 0.4) is 0 Å². The molecule has 1 unspecified atom stereocenters. The molecule has 1 aromatic rings. The largest absolute Gasteiger partial charge is 0.374 e. The molecule has 2 heterocycles. The first-order chi connectivity index (χ1) is 8.97. The highest BCUT2D eigenvalue weighted by atomic mass is 32.2. The lowest BCUT2D eigenvalue weighted by Crippen LogP contribution is -2.40. The second kappa shape index (κ2) is 5.88. The van der Waals surface area contributed by atoms with E-state index in [2.05, 4.69) is 10.0 Å². The molecule has 1 atom stereocenters. The molecule has 0 aliphatic carbocycles. The van der Waals surface area contributed by atoms with Crippen molar-refractivity contribution in [2.75, 3.05) is 20.2 Å². The van der Waals surface area contributed by atoms with E-state index in [1.54, 1.807) is 18.5 Å². The van der Waals surface area contributed by atoms with Crippen molar-refractivity contribution in [3.8, 4) is 0 Å². The van der Waals surface area contributed by atoms with Gasteiger partial charge in [0.25, 0.3) is 0 Å². The van der Waals surface area contributed by atoms with E-state index in [1.165, 1.54) is 11.3 Å². The van der Waals surface area contributed by atoms with Crippen LogP contribution in [-0.4, -0.2) is 34.2 Å². The number of hydrogen-bond donors (Lipinski definition) is 2. The number of sulfonamides is 1. The third kappa shape index (κ3) is 3.55. The Hall–Kier alpha value is -0.470. The summed E-state index contributed by atoms with van der Waals surface area (Å²) in [4.78, 5) is 1.20. The van der Waals surface area contributed by atoms with E-state index in [4.69, 9.17) is 4.74 Å². The summed E-state index contributed by atoms with van der Waals surface area (Å²) in [5.41, 5.74) is -0.369. The van der Waals surface area contributed by atoms with Crippen molar-refractivity contribution in [3.05, 3.63) is 16.3 Å². The van der Waals surface area contributed by atoms with Crippen molar-refractivity contribution in [3.63, 3.8) is 0 Å². The molecule has 7 heteroatoms. The maximum atomic E-state index is 12.3. The molecule has 108 valence electrons. The summed E-state index contributed by atoms with van der Waals surface area (Å²) in [6, 6.07) is 1.65. The van der Waals surface area contributed by atoms with Gasteiger partial charge in [-0.25, -0.2) is 13.1 Å². The smallest absolute Gasteiger partial charge is 0.241 e. The monoisotopic (exact) mass is 304 g/mol. The predicted molar refractivity (Wildman–Crippen MR) is 75.9 cm³/mol. The lowest BCUT2D eigenvalue weighted by Gasteiger charge is -2.23. The first kappa shape index (κ1) is 14.9. The molecule has 0 aromatic carbocycles. The number of ether oxygens (including phenoxy) is 1. The highest BCUT2D eigenvalue weighted by molar-refractivity contribution is 7.89. The van der Waals surface area contributed by atoms with Gasteiger partial charge in [-0.1, -0.05) is 0 Å². The third-order valence-corrected chi connectivity index (χ3v) is 5.80. The molecule has 0 spiro atoms. The topological polar surface area (TPSA) is 67.4 Å². The average molecular weight is 304 g/mol. The molecule has 19 heavy (non-hydrogen) atoms. The zero-order valence-electron chi connectivity index (χ0n) is 11.2. The van der Waals surface area contributed by atoms with Crippen LogP contribution >= 0.6 is 11.3 Å². The summed E-state index contributed by atoms with van der Waals surface area (Å²) >= 11 is 1.45. The summed E-state index contributed by atoms with van der Waals surface area (Å²) in [7, 11) is -1.65. The Morgan fingerprint density at radius 2 is 2.32 bits per heavy atom. The van der Waals surface area contributed by atoms with E-state index in [-0.39, 0.29) is 5.60 Å². The van der Waals surface area contributed by atoms with E-state index in [1.807, 2.05) is 6.92 Å². The molecule has 1 aliphatic rings. The van der Waals surface area contributed by atoms with Gasteiger partial charge in [-0.3, -0.25) is 0 Å². The zero-order valence-corrected chi connectivity index (χ0v) is 12.9. The van der Waals surface area contributed by atoms with Gasteiger partial charge in [-0.2, -0.15) is 0 Å². The second-order valence-corrected chi connectivity index (χ2v) is 7.70. The molecule has 0 bridgehead atoms. The van der Waals surface area contributed by atoms with E-state index in [0.29, 0.717) is 24.6 Å². The molecule has 2 N–H and O–H groups in total. The minimum absolute atomic E-state index is 0.324. The van der Waals surface area contributed by atoms with Gasteiger partial charge in [0, 0.05) is 24.6 Å². The van der Waals surface area contributed by atoms with E-state index in [9.17, 15) is 8.42 Å². The molecule has 5 nitrogen and oxygen atoms in total. The summed E-state index contributed by atoms with van der Waals surface area (Å²) in [5.74, 6) is 0. The average Bonchev–Trinajstić information content (AvgIpc) is 2.98. The molecule has 2 rings (SSSR count). The van der Waals surface area contributed by atoms with Crippen LogP contribution in [0, 0.1) is 0 Å². The normalized spacial score (nSPS) is 23.9. The fraction of sp³-hybridized carbons (Fsp3) is 0.667. The van der Waals surface area contributed by atoms with Crippen molar-refractivity contribution in [1.29, 1.82) is 0 Å². The van der Waals surface area contributed by atoms with Crippen molar-refractivity contribution in [2.45, 2.75) is 36.8 Å². The maximum absolute atomic E-state index is 12.3. The molecular weight excluding hydrogens is 284 g/mol. The maximum Gasteiger partial charge on any atom is 0.241 e. The Bertz CT molecular complexity index is 519. The number of rotatable bonds is 6. The summed E-state index contributed by atoms with van der Waals surface area (Å²) in [6.45, 7) is 3.54. The number of nitrogens with one attached hydrogen (secondary N) is 2. The van der Waals surface area contributed by atoms with Crippen LogP contribution in [0.15, 0.2) is 16.3 Å². The zero-order chi connectivity index (χ0) is 13.9. The highest BCUT2D eigenvalue weighted by Gasteiger charge is 2.32. The Labute approximate surface area is 118 Å². The summed E-state index contributed by atoms with van der Waals surface area (Å²) < 4.78 is 32.9. The minimum atomic E-state index is -3.45. The van der Waals surface area contributed by atoms with Crippen LogP contribution in [0.5, 0.6) is 0 Å². The molecule has 1 saturated heterocycles. The Morgan fingerprint density at radius 1 is 1.53 bits per heavy atom. The van der Waals surface area contributed by atoms with Gasteiger partial charge in [0.2, 0.25) is 10.0 Å². The van der Waals surface area contributed by atoms with Crippen molar-refractivity contribution >= 4 is 21.4 Å². The molecule has 0 radical (unpaired) electrons. The van der Waals surface area contributed by atoms with Crippen LogP contribution in [0.1, 0.15) is 24.6 Å². The first-order valence-corrected chi connectivity index (χ1v) is 8.68. The molecular formula is C12H20N2O3S2. The SMILES string of the molecule is CNCc1sccc1S(=O)(=O)NCC1(C)CCCO1. The lowest BCUT2D eigenvalue weighted by molar-refractivity contribution is 0.0250. The quantitative estimate of drug-likeness (QED) is 0.832. The van der Waals surface area contributed by atoms with Gasteiger partial charge < -0.3 is 10.1 Å². The molecule has 0 amide bonds. The molecule has 1 aliphatic heterocycles. The second-order valence-electron chi connectivity index (χ2n) is 4.96. The van der Waals surface area contributed by atoms with Gasteiger partial charge in [-0.05, 0) is 38.3 Å². The van der Waals surface area contributed by atoms with Crippen LogP contribution < -0.4 is 10.0 Å². The minimum Gasteiger partial charge on any atom is -0.374 e. The van der Waals surface area contributed by atoms with Gasteiger partial charge in [-0.15, -0.1) is 11.3 Å². The van der Waals surface area contributed by atoms with Gasteiger partial charge >= 0.3 is 0 Å². The Kier molecular flexibility index (Phi) is 4.62. The Morgan fingerprint density at radius 3 is 2.95 bits per heavy atom.